The lowest BCUT2D eigenvalue weighted by atomic mass is 9.81. The predicted octanol–water partition coefficient (Wildman–Crippen LogP) is 1.38. The SMILES string of the molecule is CNCCNc1ncc(C2CCC2)cn1. The molecule has 4 nitrogen and oxygen atoms in total. The van der Waals surface area contributed by atoms with Crippen LogP contribution in [0.3, 0.4) is 0 Å². The normalized spacial score (nSPS) is 16.1. The van der Waals surface area contributed by atoms with E-state index in [1.165, 1.54) is 24.8 Å². The van der Waals surface area contributed by atoms with Gasteiger partial charge >= 0.3 is 0 Å². The molecular formula is C11H18N4. The van der Waals surface area contributed by atoms with Crippen LogP contribution in [0.2, 0.25) is 0 Å². The minimum absolute atomic E-state index is 0.719. The Bertz CT molecular complexity index is 292. The highest BCUT2D eigenvalue weighted by atomic mass is 15.1. The molecule has 0 amide bonds. The van der Waals surface area contributed by atoms with Crippen LogP contribution in [0.15, 0.2) is 12.4 Å². The number of rotatable bonds is 5. The van der Waals surface area contributed by atoms with Crippen molar-refractivity contribution in [1.82, 2.24) is 15.3 Å². The Morgan fingerprint density at radius 2 is 2.00 bits per heavy atom. The molecule has 1 saturated carbocycles. The van der Waals surface area contributed by atoms with Crippen molar-refractivity contribution in [3.8, 4) is 0 Å². The monoisotopic (exact) mass is 206 g/mol. The highest BCUT2D eigenvalue weighted by Crippen LogP contribution is 2.35. The summed E-state index contributed by atoms with van der Waals surface area (Å²) >= 11 is 0. The first kappa shape index (κ1) is 10.4. The van der Waals surface area contributed by atoms with Gasteiger partial charge < -0.3 is 10.6 Å². The Morgan fingerprint density at radius 1 is 1.27 bits per heavy atom. The first-order chi connectivity index (χ1) is 7.40. The van der Waals surface area contributed by atoms with Crippen LogP contribution in [0.25, 0.3) is 0 Å². The van der Waals surface area contributed by atoms with Gasteiger partial charge in [0.25, 0.3) is 0 Å². The van der Waals surface area contributed by atoms with Crippen LogP contribution in [0, 0.1) is 0 Å². The van der Waals surface area contributed by atoms with Crippen LogP contribution in [0.1, 0.15) is 30.7 Å². The van der Waals surface area contributed by atoms with Gasteiger partial charge in [0.2, 0.25) is 5.95 Å². The average molecular weight is 206 g/mol. The van der Waals surface area contributed by atoms with Gasteiger partial charge in [-0.05, 0) is 31.4 Å². The van der Waals surface area contributed by atoms with Crippen LogP contribution in [0.4, 0.5) is 5.95 Å². The van der Waals surface area contributed by atoms with E-state index in [0.717, 1.165) is 25.0 Å². The molecule has 82 valence electrons. The largest absolute Gasteiger partial charge is 0.353 e. The summed E-state index contributed by atoms with van der Waals surface area (Å²) in [5.74, 6) is 1.45. The second-order valence-electron chi connectivity index (χ2n) is 4.00. The second-order valence-corrected chi connectivity index (χ2v) is 4.00. The van der Waals surface area contributed by atoms with Gasteiger partial charge in [0.1, 0.15) is 0 Å². The molecule has 0 atom stereocenters. The third-order valence-corrected chi connectivity index (χ3v) is 2.91. The molecule has 0 aromatic carbocycles. The quantitative estimate of drug-likeness (QED) is 0.714. The zero-order chi connectivity index (χ0) is 10.5. The molecule has 1 aromatic heterocycles. The Kier molecular flexibility index (Phi) is 3.50. The fourth-order valence-corrected chi connectivity index (χ4v) is 1.68. The summed E-state index contributed by atoms with van der Waals surface area (Å²) in [5, 5.41) is 6.23. The van der Waals surface area contributed by atoms with Crippen molar-refractivity contribution in [2.24, 2.45) is 0 Å². The van der Waals surface area contributed by atoms with E-state index in [2.05, 4.69) is 20.6 Å². The van der Waals surface area contributed by atoms with Gasteiger partial charge in [-0.3, -0.25) is 0 Å². The molecule has 2 N–H and O–H groups in total. The highest BCUT2D eigenvalue weighted by molar-refractivity contribution is 5.26. The zero-order valence-electron chi connectivity index (χ0n) is 9.16. The predicted molar refractivity (Wildman–Crippen MR) is 61.0 cm³/mol. The molecule has 1 aliphatic rings. The van der Waals surface area contributed by atoms with Gasteiger partial charge in [-0.25, -0.2) is 9.97 Å². The van der Waals surface area contributed by atoms with Crippen molar-refractivity contribution >= 4 is 5.95 Å². The fraction of sp³-hybridized carbons (Fsp3) is 0.636. The topological polar surface area (TPSA) is 49.8 Å². The smallest absolute Gasteiger partial charge is 0.222 e. The van der Waals surface area contributed by atoms with Crippen molar-refractivity contribution in [3.63, 3.8) is 0 Å². The molecule has 1 fully saturated rings. The highest BCUT2D eigenvalue weighted by Gasteiger charge is 2.19. The number of hydrogen-bond acceptors (Lipinski definition) is 4. The lowest BCUT2D eigenvalue weighted by Gasteiger charge is -2.24. The van der Waals surface area contributed by atoms with Crippen LogP contribution < -0.4 is 10.6 Å². The summed E-state index contributed by atoms with van der Waals surface area (Å²) < 4.78 is 0. The van der Waals surface area contributed by atoms with Crippen molar-refractivity contribution in [2.45, 2.75) is 25.2 Å². The van der Waals surface area contributed by atoms with E-state index in [0.29, 0.717) is 0 Å². The van der Waals surface area contributed by atoms with Gasteiger partial charge in [0, 0.05) is 25.5 Å². The number of nitrogens with zero attached hydrogens (tertiary/aromatic N) is 2. The van der Waals surface area contributed by atoms with Crippen molar-refractivity contribution < 1.29 is 0 Å². The van der Waals surface area contributed by atoms with Crippen LogP contribution in [-0.4, -0.2) is 30.1 Å². The van der Waals surface area contributed by atoms with E-state index in [-0.39, 0.29) is 0 Å². The lowest BCUT2D eigenvalue weighted by Crippen LogP contribution is -2.19. The van der Waals surface area contributed by atoms with Gasteiger partial charge in [0.15, 0.2) is 0 Å². The van der Waals surface area contributed by atoms with Gasteiger partial charge in [-0.2, -0.15) is 0 Å². The Hall–Kier alpha value is -1.16. The number of nitrogens with one attached hydrogen (secondary N) is 2. The van der Waals surface area contributed by atoms with Crippen molar-refractivity contribution in [1.29, 1.82) is 0 Å². The minimum Gasteiger partial charge on any atom is -0.353 e. The van der Waals surface area contributed by atoms with Gasteiger partial charge in [0.05, 0.1) is 0 Å². The van der Waals surface area contributed by atoms with E-state index in [1.54, 1.807) is 0 Å². The Morgan fingerprint density at radius 3 is 2.53 bits per heavy atom. The molecule has 2 rings (SSSR count). The van der Waals surface area contributed by atoms with Crippen LogP contribution in [0.5, 0.6) is 0 Å². The molecule has 0 bridgehead atoms. The number of anilines is 1. The molecule has 4 heteroatoms. The molecule has 1 aliphatic carbocycles. The van der Waals surface area contributed by atoms with Gasteiger partial charge in [-0.1, -0.05) is 6.42 Å². The molecular weight excluding hydrogens is 188 g/mol. The molecule has 0 aliphatic heterocycles. The Balaban J connectivity index is 1.86. The van der Waals surface area contributed by atoms with Crippen molar-refractivity contribution in [2.75, 3.05) is 25.5 Å². The maximum absolute atomic E-state index is 4.30. The van der Waals surface area contributed by atoms with Crippen LogP contribution >= 0.6 is 0 Å². The van der Waals surface area contributed by atoms with Crippen molar-refractivity contribution in [3.05, 3.63) is 18.0 Å². The molecule has 0 radical (unpaired) electrons. The maximum Gasteiger partial charge on any atom is 0.222 e. The summed E-state index contributed by atoms with van der Waals surface area (Å²) in [6.07, 6.45) is 7.87. The third-order valence-electron chi connectivity index (χ3n) is 2.91. The maximum atomic E-state index is 4.30. The van der Waals surface area contributed by atoms with E-state index >= 15 is 0 Å². The molecule has 0 saturated heterocycles. The second kappa shape index (κ2) is 5.07. The summed E-state index contributed by atoms with van der Waals surface area (Å²) in [4.78, 5) is 8.61. The fourth-order valence-electron chi connectivity index (χ4n) is 1.68. The summed E-state index contributed by atoms with van der Waals surface area (Å²) in [6.45, 7) is 1.78. The standard InChI is InChI=1S/C11H18N4/c1-12-5-6-13-11-14-7-10(8-15-11)9-3-2-4-9/h7-9,12H,2-6H2,1H3,(H,13,14,15). The number of hydrogen-bond donors (Lipinski definition) is 2. The first-order valence-corrected chi connectivity index (χ1v) is 5.60. The molecule has 1 aromatic rings. The van der Waals surface area contributed by atoms with Crippen LogP contribution in [-0.2, 0) is 0 Å². The molecule has 1 heterocycles. The summed E-state index contributed by atoms with van der Waals surface area (Å²) in [5.41, 5.74) is 1.29. The van der Waals surface area contributed by atoms with E-state index in [1.807, 2.05) is 19.4 Å². The third kappa shape index (κ3) is 2.65. The van der Waals surface area contributed by atoms with E-state index in [4.69, 9.17) is 0 Å². The average Bonchev–Trinajstić information content (AvgIpc) is 2.18. The lowest BCUT2D eigenvalue weighted by molar-refractivity contribution is 0.418. The number of aromatic nitrogens is 2. The molecule has 15 heavy (non-hydrogen) atoms. The summed E-state index contributed by atoms with van der Waals surface area (Å²) in [7, 11) is 1.93. The minimum atomic E-state index is 0.719. The molecule has 0 unspecified atom stereocenters. The Labute approximate surface area is 90.5 Å². The van der Waals surface area contributed by atoms with E-state index < -0.39 is 0 Å². The summed E-state index contributed by atoms with van der Waals surface area (Å²) in [6, 6.07) is 0. The first-order valence-electron chi connectivity index (χ1n) is 5.60. The van der Waals surface area contributed by atoms with Gasteiger partial charge in [-0.15, -0.1) is 0 Å². The zero-order valence-corrected chi connectivity index (χ0v) is 9.16. The van der Waals surface area contributed by atoms with E-state index in [9.17, 15) is 0 Å². The number of likely N-dealkylation sites (N-methyl/N-ethyl adjacent to an activating group) is 1. The molecule has 0 spiro atoms.